The zero-order valence-corrected chi connectivity index (χ0v) is 11.9. The first-order valence-electron chi connectivity index (χ1n) is 7.05. The van der Waals surface area contributed by atoms with E-state index in [1.165, 1.54) is 6.07 Å². The fourth-order valence-corrected chi connectivity index (χ4v) is 2.52. The number of benzene rings is 1. The Labute approximate surface area is 126 Å². The van der Waals surface area contributed by atoms with Gasteiger partial charge >= 0.3 is 5.97 Å². The van der Waals surface area contributed by atoms with Crippen LogP contribution in [0.4, 0.5) is 8.78 Å². The predicted molar refractivity (Wildman–Crippen MR) is 73.3 cm³/mol. The highest BCUT2D eigenvalue weighted by Gasteiger charge is 2.33. The zero-order valence-electron chi connectivity index (χ0n) is 11.9. The minimum Gasteiger partial charge on any atom is -0.489 e. The van der Waals surface area contributed by atoms with Crippen LogP contribution in [0, 0.1) is 23.5 Å². The second kappa shape index (κ2) is 7.20. The second-order valence-corrected chi connectivity index (χ2v) is 5.26. The van der Waals surface area contributed by atoms with E-state index >= 15 is 0 Å². The highest BCUT2D eigenvalue weighted by Crippen LogP contribution is 2.31. The van der Waals surface area contributed by atoms with Gasteiger partial charge in [-0.05, 0) is 31.4 Å². The molecule has 0 bridgehead atoms. The molecule has 1 saturated carbocycles. The molecule has 1 aliphatic carbocycles. The lowest BCUT2D eigenvalue weighted by Crippen LogP contribution is -2.33. The fourth-order valence-electron chi connectivity index (χ4n) is 2.52. The first kappa shape index (κ1) is 16.2. The Kier molecular flexibility index (Phi) is 5.30. The van der Waals surface area contributed by atoms with Gasteiger partial charge in [0.25, 0.3) is 0 Å². The molecule has 1 amide bonds. The van der Waals surface area contributed by atoms with E-state index in [0.29, 0.717) is 19.3 Å². The smallest absolute Gasteiger partial charge is 0.306 e. The Bertz CT molecular complexity index is 564. The number of carbonyl (C=O) groups is 2. The van der Waals surface area contributed by atoms with Crippen LogP contribution in [-0.2, 0) is 9.59 Å². The van der Waals surface area contributed by atoms with Gasteiger partial charge in [-0.1, -0.05) is 0 Å². The maximum absolute atomic E-state index is 13.3. The predicted octanol–water partition coefficient (Wildman–Crippen LogP) is 1.96. The number of hydrogen-bond acceptors (Lipinski definition) is 3. The molecule has 2 atom stereocenters. The lowest BCUT2D eigenvalue weighted by molar-refractivity contribution is -0.141. The molecule has 1 aliphatic rings. The van der Waals surface area contributed by atoms with Crippen molar-refractivity contribution in [1.82, 2.24) is 5.32 Å². The van der Waals surface area contributed by atoms with Gasteiger partial charge in [-0.2, -0.15) is 0 Å². The van der Waals surface area contributed by atoms with Gasteiger partial charge in [-0.15, -0.1) is 0 Å². The SMILES string of the molecule is O=C(O)[C@@H]1CC[C@H](C(=O)NCCOc2ccc(F)cc2F)C1. The summed E-state index contributed by atoms with van der Waals surface area (Å²) >= 11 is 0. The molecule has 2 N–H and O–H groups in total. The Morgan fingerprint density at radius 1 is 1.27 bits per heavy atom. The standard InChI is InChI=1S/C15H17F2NO4/c16-11-3-4-13(12(17)8-11)22-6-5-18-14(19)9-1-2-10(7-9)15(20)21/h3-4,8-10H,1-2,5-7H2,(H,18,19)(H,20,21)/t9-,10+/m0/s1. The molecule has 120 valence electrons. The lowest BCUT2D eigenvalue weighted by Gasteiger charge is -2.12. The summed E-state index contributed by atoms with van der Waals surface area (Å²) in [7, 11) is 0. The van der Waals surface area contributed by atoms with Crippen molar-refractivity contribution in [3.63, 3.8) is 0 Å². The Morgan fingerprint density at radius 2 is 2.00 bits per heavy atom. The average Bonchev–Trinajstić information content (AvgIpc) is 2.95. The highest BCUT2D eigenvalue weighted by molar-refractivity contribution is 5.80. The van der Waals surface area contributed by atoms with Crippen molar-refractivity contribution in [2.24, 2.45) is 11.8 Å². The van der Waals surface area contributed by atoms with Crippen LogP contribution < -0.4 is 10.1 Å². The fraction of sp³-hybridized carbons (Fsp3) is 0.467. The van der Waals surface area contributed by atoms with Crippen LogP contribution in [-0.4, -0.2) is 30.1 Å². The number of carboxylic acid groups (broad SMARTS) is 1. The third kappa shape index (κ3) is 4.16. The number of carboxylic acids is 1. The van der Waals surface area contributed by atoms with E-state index in [1.54, 1.807) is 0 Å². The summed E-state index contributed by atoms with van der Waals surface area (Å²) in [6, 6.07) is 2.99. The van der Waals surface area contributed by atoms with Gasteiger partial charge in [-0.25, -0.2) is 8.78 Å². The Balaban J connectivity index is 1.70. The summed E-state index contributed by atoms with van der Waals surface area (Å²) < 4.78 is 31.1. The van der Waals surface area contributed by atoms with Crippen LogP contribution in [0.1, 0.15) is 19.3 Å². The number of rotatable bonds is 6. The van der Waals surface area contributed by atoms with E-state index in [2.05, 4.69) is 5.32 Å². The van der Waals surface area contributed by atoms with Gasteiger partial charge in [0.2, 0.25) is 5.91 Å². The summed E-state index contributed by atoms with van der Waals surface area (Å²) in [6.07, 6.45) is 1.40. The molecule has 22 heavy (non-hydrogen) atoms. The number of carbonyl (C=O) groups excluding carboxylic acids is 1. The van der Waals surface area contributed by atoms with Crippen LogP contribution in [0.3, 0.4) is 0 Å². The van der Waals surface area contributed by atoms with Crippen molar-refractivity contribution in [3.8, 4) is 5.75 Å². The number of aliphatic carboxylic acids is 1. The summed E-state index contributed by atoms with van der Waals surface area (Å²) in [5.41, 5.74) is 0. The van der Waals surface area contributed by atoms with Crippen LogP contribution >= 0.6 is 0 Å². The largest absolute Gasteiger partial charge is 0.489 e. The molecular formula is C15H17F2NO4. The minimum atomic E-state index is -0.870. The molecule has 0 heterocycles. The number of hydrogen-bond donors (Lipinski definition) is 2. The molecule has 1 aromatic rings. The quantitative estimate of drug-likeness (QED) is 0.787. The number of ether oxygens (including phenoxy) is 1. The molecule has 1 aromatic carbocycles. The topological polar surface area (TPSA) is 75.6 Å². The van der Waals surface area contributed by atoms with E-state index in [-0.39, 0.29) is 30.7 Å². The molecule has 7 heteroatoms. The third-order valence-corrected chi connectivity index (χ3v) is 3.71. The van der Waals surface area contributed by atoms with Crippen molar-refractivity contribution >= 4 is 11.9 Å². The molecule has 2 rings (SSSR count). The van der Waals surface area contributed by atoms with Crippen molar-refractivity contribution in [2.75, 3.05) is 13.2 Å². The number of nitrogens with one attached hydrogen (secondary N) is 1. The summed E-state index contributed by atoms with van der Waals surface area (Å²) in [6.45, 7) is 0.216. The van der Waals surface area contributed by atoms with E-state index in [0.717, 1.165) is 12.1 Å². The lowest BCUT2D eigenvalue weighted by atomic mass is 10.0. The molecule has 0 aromatic heterocycles. The van der Waals surface area contributed by atoms with Crippen molar-refractivity contribution < 1.29 is 28.2 Å². The van der Waals surface area contributed by atoms with E-state index in [9.17, 15) is 18.4 Å². The Hall–Kier alpha value is -2.18. The molecule has 0 radical (unpaired) electrons. The number of amides is 1. The summed E-state index contributed by atoms with van der Waals surface area (Å²) in [5, 5.41) is 11.5. The van der Waals surface area contributed by atoms with Gasteiger partial charge in [0.1, 0.15) is 12.4 Å². The summed E-state index contributed by atoms with van der Waals surface area (Å²) in [5.74, 6) is -3.41. The van der Waals surface area contributed by atoms with Gasteiger partial charge < -0.3 is 15.2 Å². The van der Waals surface area contributed by atoms with Gasteiger partial charge in [0.15, 0.2) is 11.6 Å². The maximum atomic E-state index is 13.3. The first-order valence-corrected chi connectivity index (χ1v) is 7.05. The monoisotopic (exact) mass is 313 g/mol. The van der Waals surface area contributed by atoms with Crippen molar-refractivity contribution in [3.05, 3.63) is 29.8 Å². The molecular weight excluding hydrogens is 296 g/mol. The van der Waals surface area contributed by atoms with Gasteiger partial charge in [0, 0.05) is 12.0 Å². The van der Waals surface area contributed by atoms with Gasteiger partial charge in [-0.3, -0.25) is 9.59 Å². The van der Waals surface area contributed by atoms with E-state index in [4.69, 9.17) is 9.84 Å². The van der Waals surface area contributed by atoms with Crippen molar-refractivity contribution in [1.29, 1.82) is 0 Å². The van der Waals surface area contributed by atoms with Crippen molar-refractivity contribution in [2.45, 2.75) is 19.3 Å². The second-order valence-electron chi connectivity index (χ2n) is 5.26. The summed E-state index contributed by atoms with van der Waals surface area (Å²) in [4.78, 5) is 22.7. The molecule has 0 aliphatic heterocycles. The average molecular weight is 313 g/mol. The molecule has 1 fully saturated rings. The van der Waals surface area contributed by atoms with Gasteiger partial charge in [0.05, 0.1) is 12.5 Å². The molecule has 0 saturated heterocycles. The molecule has 5 nitrogen and oxygen atoms in total. The number of halogens is 2. The highest BCUT2D eigenvalue weighted by atomic mass is 19.1. The van der Waals surface area contributed by atoms with Crippen LogP contribution in [0.25, 0.3) is 0 Å². The van der Waals surface area contributed by atoms with Crippen LogP contribution in [0.2, 0.25) is 0 Å². The Morgan fingerprint density at radius 3 is 2.64 bits per heavy atom. The van der Waals surface area contributed by atoms with E-state index < -0.39 is 23.5 Å². The third-order valence-electron chi connectivity index (χ3n) is 3.71. The van der Waals surface area contributed by atoms with E-state index in [1.807, 2.05) is 0 Å². The normalized spacial score (nSPS) is 20.6. The zero-order chi connectivity index (χ0) is 16.1. The first-order chi connectivity index (χ1) is 10.5. The molecule has 0 unspecified atom stereocenters. The van der Waals surface area contributed by atoms with Crippen LogP contribution in [0.5, 0.6) is 5.75 Å². The van der Waals surface area contributed by atoms with Crippen LogP contribution in [0.15, 0.2) is 18.2 Å². The minimum absolute atomic E-state index is 0.0450. The maximum Gasteiger partial charge on any atom is 0.306 e. The molecule has 0 spiro atoms.